The zero-order valence-corrected chi connectivity index (χ0v) is 14.0. The van der Waals surface area contributed by atoms with Crippen molar-refractivity contribution in [2.24, 2.45) is 0 Å². The van der Waals surface area contributed by atoms with Crippen LogP contribution in [0.5, 0.6) is 0 Å². The summed E-state index contributed by atoms with van der Waals surface area (Å²) in [5.41, 5.74) is 2.67. The molecule has 1 aromatic rings. The molecule has 0 unspecified atom stereocenters. The molecule has 0 saturated carbocycles. The van der Waals surface area contributed by atoms with Crippen LogP contribution in [0, 0.1) is 0 Å². The standard InChI is InChI=1S/C16H20N2O4S/c1-10(2)15-13-8-12(5-6-14(13)18-16(15)19)23(20,21)17-9-11-4-3-7-22-11/h5-6,8,11,17H,3-4,7,9H2,1-2H3,(H,18,19)/t11-/m1/s1. The topological polar surface area (TPSA) is 84.5 Å². The molecule has 0 bridgehead atoms. The summed E-state index contributed by atoms with van der Waals surface area (Å²) in [5.74, 6) is -0.193. The van der Waals surface area contributed by atoms with E-state index in [0.29, 0.717) is 23.4 Å². The van der Waals surface area contributed by atoms with Crippen LogP contribution in [-0.4, -0.2) is 33.6 Å². The van der Waals surface area contributed by atoms with E-state index in [1.165, 1.54) is 6.07 Å². The average molecular weight is 336 g/mol. The number of rotatable bonds is 4. The maximum absolute atomic E-state index is 12.5. The van der Waals surface area contributed by atoms with Crippen molar-refractivity contribution in [1.29, 1.82) is 0 Å². The SMILES string of the molecule is CC(C)=C1C(=O)Nc2ccc(S(=O)(=O)NC[C@H]3CCCO3)cc21. The number of fused-ring (bicyclic) bond motifs is 1. The number of hydrogen-bond donors (Lipinski definition) is 2. The Morgan fingerprint density at radius 3 is 2.83 bits per heavy atom. The van der Waals surface area contributed by atoms with Crippen LogP contribution in [0.1, 0.15) is 32.3 Å². The predicted octanol–water partition coefficient (Wildman–Crippen LogP) is 1.89. The van der Waals surface area contributed by atoms with Crippen LogP contribution in [0.3, 0.4) is 0 Å². The van der Waals surface area contributed by atoms with E-state index in [2.05, 4.69) is 10.0 Å². The summed E-state index contributed by atoms with van der Waals surface area (Å²) in [5, 5.41) is 2.75. The number of carbonyl (C=O) groups is 1. The van der Waals surface area contributed by atoms with Gasteiger partial charge in [0.2, 0.25) is 10.0 Å². The van der Waals surface area contributed by atoms with Crippen molar-refractivity contribution in [2.75, 3.05) is 18.5 Å². The lowest BCUT2D eigenvalue weighted by atomic mass is 10.0. The van der Waals surface area contributed by atoms with Crippen molar-refractivity contribution in [3.63, 3.8) is 0 Å². The monoisotopic (exact) mass is 336 g/mol. The third kappa shape index (κ3) is 3.17. The number of benzene rings is 1. The number of allylic oxidation sites excluding steroid dienone is 1. The summed E-state index contributed by atoms with van der Waals surface area (Å²) in [6, 6.07) is 4.68. The highest BCUT2D eigenvalue weighted by atomic mass is 32.2. The van der Waals surface area contributed by atoms with Crippen molar-refractivity contribution in [2.45, 2.75) is 37.7 Å². The highest BCUT2D eigenvalue weighted by Gasteiger charge is 2.28. The fraction of sp³-hybridized carbons (Fsp3) is 0.438. The summed E-state index contributed by atoms with van der Waals surface area (Å²) in [7, 11) is -3.63. The van der Waals surface area contributed by atoms with E-state index in [-0.39, 0.29) is 23.5 Å². The summed E-state index contributed by atoms with van der Waals surface area (Å²) < 4.78 is 32.9. The first-order valence-corrected chi connectivity index (χ1v) is 9.11. The normalized spacial score (nSPS) is 20.5. The van der Waals surface area contributed by atoms with Crippen LogP contribution in [-0.2, 0) is 19.6 Å². The Hall–Kier alpha value is -1.70. The molecule has 2 aliphatic rings. The van der Waals surface area contributed by atoms with Gasteiger partial charge in [-0.25, -0.2) is 13.1 Å². The second-order valence-electron chi connectivity index (χ2n) is 6.02. The first-order valence-electron chi connectivity index (χ1n) is 7.63. The molecule has 1 atom stereocenters. The van der Waals surface area contributed by atoms with Gasteiger partial charge in [-0.1, -0.05) is 5.57 Å². The van der Waals surface area contributed by atoms with Crippen LogP contribution in [0.2, 0.25) is 0 Å². The zero-order valence-electron chi connectivity index (χ0n) is 13.2. The molecule has 0 aliphatic carbocycles. The van der Waals surface area contributed by atoms with Crippen LogP contribution >= 0.6 is 0 Å². The van der Waals surface area contributed by atoms with E-state index in [1.54, 1.807) is 12.1 Å². The Morgan fingerprint density at radius 2 is 2.17 bits per heavy atom. The lowest BCUT2D eigenvalue weighted by Crippen LogP contribution is -2.31. The Bertz CT molecular complexity index is 773. The van der Waals surface area contributed by atoms with Gasteiger partial charge in [0.05, 0.1) is 11.0 Å². The van der Waals surface area contributed by atoms with Gasteiger partial charge in [-0.2, -0.15) is 0 Å². The smallest absolute Gasteiger partial charge is 0.256 e. The molecule has 1 amide bonds. The molecule has 2 aliphatic heterocycles. The molecule has 1 fully saturated rings. The number of amides is 1. The molecule has 6 nitrogen and oxygen atoms in total. The number of carbonyl (C=O) groups excluding carboxylic acids is 1. The van der Waals surface area contributed by atoms with Gasteiger partial charge in [-0.3, -0.25) is 4.79 Å². The third-order valence-electron chi connectivity index (χ3n) is 4.07. The number of sulfonamides is 1. The molecule has 23 heavy (non-hydrogen) atoms. The highest BCUT2D eigenvalue weighted by molar-refractivity contribution is 7.89. The second-order valence-corrected chi connectivity index (χ2v) is 7.79. The van der Waals surface area contributed by atoms with Crippen molar-refractivity contribution >= 4 is 27.2 Å². The maximum Gasteiger partial charge on any atom is 0.256 e. The van der Waals surface area contributed by atoms with E-state index in [1.807, 2.05) is 13.8 Å². The first kappa shape index (κ1) is 16.2. The van der Waals surface area contributed by atoms with E-state index in [9.17, 15) is 13.2 Å². The molecular weight excluding hydrogens is 316 g/mol. The lowest BCUT2D eigenvalue weighted by Gasteiger charge is -2.12. The Kier molecular flexibility index (Phi) is 4.27. The predicted molar refractivity (Wildman–Crippen MR) is 87.5 cm³/mol. The zero-order chi connectivity index (χ0) is 16.6. The number of nitrogens with one attached hydrogen (secondary N) is 2. The number of anilines is 1. The van der Waals surface area contributed by atoms with Gasteiger partial charge in [-0.05, 0) is 44.9 Å². The minimum absolute atomic E-state index is 0.0595. The van der Waals surface area contributed by atoms with Gasteiger partial charge in [0.15, 0.2) is 0 Å². The minimum atomic E-state index is -3.63. The molecule has 1 aromatic carbocycles. The van der Waals surface area contributed by atoms with Gasteiger partial charge >= 0.3 is 0 Å². The van der Waals surface area contributed by atoms with Crippen LogP contribution in [0.4, 0.5) is 5.69 Å². The lowest BCUT2D eigenvalue weighted by molar-refractivity contribution is -0.110. The molecule has 7 heteroatoms. The Balaban J connectivity index is 1.87. The van der Waals surface area contributed by atoms with Gasteiger partial charge in [0, 0.05) is 30.0 Å². The van der Waals surface area contributed by atoms with Crippen molar-refractivity contribution in [1.82, 2.24) is 4.72 Å². The molecule has 2 heterocycles. The molecule has 0 spiro atoms. The van der Waals surface area contributed by atoms with Crippen LogP contribution in [0.15, 0.2) is 28.7 Å². The molecule has 1 saturated heterocycles. The van der Waals surface area contributed by atoms with Gasteiger partial charge in [0.25, 0.3) is 5.91 Å². The summed E-state index contributed by atoms with van der Waals surface area (Å²) >= 11 is 0. The largest absolute Gasteiger partial charge is 0.377 e. The van der Waals surface area contributed by atoms with Gasteiger partial charge in [0.1, 0.15) is 0 Å². The molecular formula is C16H20N2O4S. The van der Waals surface area contributed by atoms with Crippen molar-refractivity contribution in [3.05, 3.63) is 29.3 Å². The molecule has 0 aromatic heterocycles. The Labute approximate surface area is 136 Å². The minimum Gasteiger partial charge on any atom is -0.377 e. The van der Waals surface area contributed by atoms with Gasteiger partial charge < -0.3 is 10.1 Å². The third-order valence-corrected chi connectivity index (χ3v) is 5.49. The summed E-state index contributed by atoms with van der Waals surface area (Å²) in [6.07, 6.45) is 1.77. The fourth-order valence-corrected chi connectivity index (χ4v) is 3.99. The molecule has 2 N–H and O–H groups in total. The van der Waals surface area contributed by atoms with Crippen molar-refractivity contribution < 1.29 is 17.9 Å². The second kappa shape index (κ2) is 6.07. The molecule has 3 rings (SSSR count). The maximum atomic E-state index is 12.5. The van der Waals surface area contributed by atoms with E-state index < -0.39 is 10.0 Å². The van der Waals surface area contributed by atoms with E-state index in [0.717, 1.165) is 18.4 Å². The molecule has 0 radical (unpaired) electrons. The van der Waals surface area contributed by atoms with Crippen molar-refractivity contribution in [3.8, 4) is 0 Å². The summed E-state index contributed by atoms with van der Waals surface area (Å²) in [4.78, 5) is 12.1. The number of hydrogen-bond acceptors (Lipinski definition) is 4. The number of ether oxygens (including phenoxy) is 1. The van der Waals surface area contributed by atoms with E-state index in [4.69, 9.17) is 4.74 Å². The molecule has 124 valence electrons. The fourth-order valence-electron chi connectivity index (χ4n) is 2.90. The van der Waals surface area contributed by atoms with Crippen LogP contribution in [0.25, 0.3) is 5.57 Å². The van der Waals surface area contributed by atoms with E-state index >= 15 is 0 Å². The Morgan fingerprint density at radius 1 is 1.39 bits per heavy atom. The average Bonchev–Trinajstić information content (AvgIpc) is 3.10. The van der Waals surface area contributed by atoms with Crippen LogP contribution < -0.4 is 10.0 Å². The first-order chi connectivity index (χ1) is 10.9. The highest BCUT2D eigenvalue weighted by Crippen LogP contribution is 2.35. The van der Waals surface area contributed by atoms with Gasteiger partial charge in [-0.15, -0.1) is 0 Å². The summed E-state index contributed by atoms with van der Waals surface area (Å²) in [6.45, 7) is 4.62. The quantitative estimate of drug-likeness (QED) is 0.822.